The summed E-state index contributed by atoms with van der Waals surface area (Å²) in [6.07, 6.45) is 0.363. The fourth-order valence-electron chi connectivity index (χ4n) is 2.17. The summed E-state index contributed by atoms with van der Waals surface area (Å²) < 4.78 is 0. The molecule has 0 aliphatic rings. The lowest BCUT2D eigenvalue weighted by Gasteiger charge is -2.19. The third kappa shape index (κ3) is 3.69. The molecule has 2 aromatic carbocycles. The molecule has 2 N–H and O–H groups in total. The van der Waals surface area contributed by atoms with Gasteiger partial charge in [-0.25, -0.2) is 0 Å². The van der Waals surface area contributed by atoms with Gasteiger partial charge in [0.25, 0.3) is 0 Å². The number of hydrogen-bond acceptors (Lipinski definition) is 2. The Hall–Kier alpha value is -1.64. The molecule has 2 rings (SSSR count). The van der Waals surface area contributed by atoms with Gasteiger partial charge in [0, 0.05) is 23.4 Å². The molecule has 2 atom stereocenters. The molecular weight excluding hydrogens is 270 g/mol. The lowest BCUT2D eigenvalue weighted by atomic mass is 9.89. The van der Waals surface area contributed by atoms with Crippen molar-refractivity contribution >= 4 is 17.4 Å². The molecule has 0 heterocycles. The summed E-state index contributed by atoms with van der Waals surface area (Å²) in [4.78, 5) is 12.3. The number of ketones is 1. The van der Waals surface area contributed by atoms with Crippen molar-refractivity contribution in [2.45, 2.75) is 19.4 Å². The van der Waals surface area contributed by atoms with Gasteiger partial charge in [0.05, 0.1) is 0 Å². The highest BCUT2D eigenvalue weighted by molar-refractivity contribution is 6.30. The quantitative estimate of drug-likeness (QED) is 0.909. The highest BCUT2D eigenvalue weighted by Crippen LogP contribution is 2.21. The van der Waals surface area contributed by atoms with E-state index in [4.69, 9.17) is 17.3 Å². The topological polar surface area (TPSA) is 43.1 Å². The molecule has 0 aromatic heterocycles. The normalized spacial score (nSPS) is 13.8. The Morgan fingerprint density at radius 1 is 1.15 bits per heavy atom. The summed E-state index contributed by atoms with van der Waals surface area (Å²) in [6.45, 7) is 1.88. The van der Waals surface area contributed by atoms with Gasteiger partial charge in [-0.15, -0.1) is 0 Å². The number of rotatable bonds is 5. The van der Waals surface area contributed by atoms with Crippen molar-refractivity contribution < 1.29 is 4.79 Å². The van der Waals surface area contributed by atoms with Crippen LogP contribution >= 0.6 is 11.6 Å². The van der Waals surface area contributed by atoms with Crippen LogP contribution in [0.2, 0.25) is 5.02 Å². The fourth-order valence-corrected chi connectivity index (χ4v) is 2.39. The van der Waals surface area contributed by atoms with E-state index in [0.29, 0.717) is 11.4 Å². The van der Waals surface area contributed by atoms with Crippen molar-refractivity contribution in [1.82, 2.24) is 0 Å². The van der Waals surface area contributed by atoms with Crippen LogP contribution in [0.3, 0.4) is 0 Å². The van der Waals surface area contributed by atoms with E-state index < -0.39 is 0 Å². The minimum Gasteiger partial charge on any atom is -0.323 e. The van der Waals surface area contributed by atoms with Gasteiger partial charge in [-0.2, -0.15) is 0 Å². The SMILES string of the molecule is CC(C(=O)Cc1cccc(Cl)c1)C(N)c1ccccc1. The molecule has 2 nitrogen and oxygen atoms in total. The second kappa shape index (κ2) is 6.69. The van der Waals surface area contributed by atoms with Crippen LogP contribution in [0, 0.1) is 5.92 Å². The predicted octanol–water partition coefficient (Wildman–Crippen LogP) is 3.79. The Labute approximate surface area is 124 Å². The number of Topliss-reactive ketones (excluding diaryl/α,β-unsaturated/α-hetero) is 1. The minimum absolute atomic E-state index is 0.128. The number of carbonyl (C=O) groups is 1. The summed E-state index contributed by atoms with van der Waals surface area (Å²) in [6, 6.07) is 16.8. The first-order valence-electron chi connectivity index (χ1n) is 6.65. The van der Waals surface area contributed by atoms with E-state index in [1.54, 1.807) is 6.07 Å². The van der Waals surface area contributed by atoms with Crippen LogP contribution in [0.15, 0.2) is 54.6 Å². The van der Waals surface area contributed by atoms with Gasteiger partial charge in [-0.05, 0) is 23.3 Å². The van der Waals surface area contributed by atoms with Crippen LogP contribution < -0.4 is 5.73 Å². The summed E-state index contributed by atoms with van der Waals surface area (Å²) in [5.74, 6) is -0.0972. The maximum absolute atomic E-state index is 12.3. The summed E-state index contributed by atoms with van der Waals surface area (Å²) in [5, 5.41) is 0.648. The predicted molar refractivity (Wildman–Crippen MR) is 82.7 cm³/mol. The first kappa shape index (κ1) is 14.8. The van der Waals surface area contributed by atoms with Gasteiger partial charge in [0.15, 0.2) is 0 Å². The minimum atomic E-state index is -0.275. The number of hydrogen-bond donors (Lipinski definition) is 1. The number of nitrogens with two attached hydrogens (primary N) is 1. The van der Waals surface area contributed by atoms with Crippen molar-refractivity contribution in [2.24, 2.45) is 11.7 Å². The molecule has 0 bridgehead atoms. The zero-order valence-corrected chi connectivity index (χ0v) is 12.2. The molecule has 104 valence electrons. The van der Waals surface area contributed by atoms with Crippen LogP contribution in [0.4, 0.5) is 0 Å². The monoisotopic (exact) mass is 287 g/mol. The maximum atomic E-state index is 12.3. The van der Waals surface area contributed by atoms with Gasteiger partial charge < -0.3 is 5.73 Å². The number of carbonyl (C=O) groups excluding carboxylic acids is 1. The van der Waals surface area contributed by atoms with Crippen LogP contribution in [-0.4, -0.2) is 5.78 Å². The van der Waals surface area contributed by atoms with E-state index >= 15 is 0 Å². The van der Waals surface area contributed by atoms with E-state index in [-0.39, 0.29) is 17.7 Å². The molecule has 20 heavy (non-hydrogen) atoms. The van der Waals surface area contributed by atoms with Gasteiger partial charge in [-0.3, -0.25) is 4.79 Å². The van der Waals surface area contributed by atoms with Gasteiger partial charge in [0.2, 0.25) is 0 Å². The van der Waals surface area contributed by atoms with E-state index in [2.05, 4.69) is 0 Å². The van der Waals surface area contributed by atoms with Crippen LogP contribution in [-0.2, 0) is 11.2 Å². The molecule has 3 heteroatoms. The summed E-state index contributed by atoms with van der Waals surface area (Å²) in [7, 11) is 0. The highest BCUT2D eigenvalue weighted by atomic mass is 35.5. The van der Waals surface area contributed by atoms with Crippen LogP contribution in [0.5, 0.6) is 0 Å². The maximum Gasteiger partial charge on any atom is 0.141 e. The van der Waals surface area contributed by atoms with E-state index in [1.807, 2.05) is 55.5 Å². The van der Waals surface area contributed by atoms with Crippen molar-refractivity contribution in [3.63, 3.8) is 0 Å². The van der Waals surface area contributed by atoms with Crippen LogP contribution in [0.1, 0.15) is 24.1 Å². The summed E-state index contributed by atoms with van der Waals surface area (Å²) >= 11 is 5.93. The first-order chi connectivity index (χ1) is 9.58. The standard InChI is InChI=1S/C17H18ClNO/c1-12(17(19)14-7-3-2-4-8-14)16(20)11-13-6-5-9-15(18)10-13/h2-10,12,17H,11,19H2,1H3. The molecule has 0 radical (unpaired) electrons. The van der Waals surface area contributed by atoms with E-state index in [0.717, 1.165) is 11.1 Å². The molecule has 0 saturated carbocycles. The van der Waals surface area contributed by atoms with Gasteiger partial charge >= 0.3 is 0 Å². The van der Waals surface area contributed by atoms with Crippen molar-refractivity contribution in [2.75, 3.05) is 0 Å². The smallest absolute Gasteiger partial charge is 0.141 e. The fraction of sp³-hybridized carbons (Fsp3) is 0.235. The molecule has 0 aliphatic carbocycles. The van der Waals surface area contributed by atoms with Crippen molar-refractivity contribution in [3.8, 4) is 0 Å². The van der Waals surface area contributed by atoms with E-state index in [9.17, 15) is 4.79 Å². The molecule has 0 spiro atoms. The lowest BCUT2D eigenvalue weighted by Crippen LogP contribution is -2.27. The summed E-state index contributed by atoms with van der Waals surface area (Å²) in [5.41, 5.74) is 8.09. The van der Waals surface area contributed by atoms with Crippen molar-refractivity contribution in [3.05, 3.63) is 70.7 Å². The lowest BCUT2D eigenvalue weighted by molar-refractivity contribution is -0.122. The first-order valence-corrected chi connectivity index (χ1v) is 7.03. The Kier molecular flexibility index (Phi) is 4.94. The van der Waals surface area contributed by atoms with Crippen LogP contribution in [0.25, 0.3) is 0 Å². The number of halogens is 1. The molecule has 0 saturated heterocycles. The third-order valence-corrected chi connectivity index (χ3v) is 3.73. The zero-order valence-electron chi connectivity index (χ0n) is 11.4. The Bertz CT molecular complexity index is 583. The second-order valence-electron chi connectivity index (χ2n) is 5.00. The Balaban J connectivity index is 2.05. The zero-order chi connectivity index (χ0) is 14.5. The molecule has 2 aromatic rings. The van der Waals surface area contributed by atoms with Gasteiger partial charge in [0.1, 0.15) is 5.78 Å². The molecular formula is C17H18ClNO. The van der Waals surface area contributed by atoms with E-state index in [1.165, 1.54) is 0 Å². The molecule has 2 unspecified atom stereocenters. The number of benzene rings is 2. The van der Waals surface area contributed by atoms with Crippen molar-refractivity contribution in [1.29, 1.82) is 0 Å². The Morgan fingerprint density at radius 3 is 2.50 bits per heavy atom. The average Bonchev–Trinajstić information content (AvgIpc) is 2.46. The second-order valence-corrected chi connectivity index (χ2v) is 5.43. The average molecular weight is 288 g/mol. The largest absolute Gasteiger partial charge is 0.323 e. The molecule has 0 aliphatic heterocycles. The molecule has 0 amide bonds. The third-order valence-electron chi connectivity index (χ3n) is 3.50. The molecule has 0 fully saturated rings. The van der Waals surface area contributed by atoms with Gasteiger partial charge in [-0.1, -0.05) is 61.0 Å². The Morgan fingerprint density at radius 2 is 1.85 bits per heavy atom. The highest BCUT2D eigenvalue weighted by Gasteiger charge is 2.22.